The highest BCUT2D eigenvalue weighted by Crippen LogP contribution is 2.23. The molecule has 13 heavy (non-hydrogen) atoms. The van der Waals surface area contributed by atoms with Gasteiger partial charge in [0.25, 0.3) is 0 Å². The summed E-state index contributed by atoms with van der Waals surface area (Å²) in [6.45, 7) is 0.0962. The molecule has 70 valence electrons. The van der Waals surface area contributed by atoms with Gasteiger partial charge in [0, 0.05) is 13.3 Å². The summed E-state index contributed by atoms with van der Waals surface area (Å²) in [4.78, 5) is 14.5. The minimum absolute atomic E-state index is 0.0962. The van der Waals surface area contributed by atoms with E-state index in [2.05, 4.69) is 20.9 Å². The topological polar surface area (TPSA) is 48.4 Å². The SMILES string of the molecule is COCOc1cncc(Br)c1C=O. The van der Waals surface area contributed by atoms with Crippen LogP contribution in [0.1, 0.15) is 10.4 Å². The maximum Gasteiger partial charge on any atom is 0.188 e. The Hall–Kier alpha value is -0.940. The second-order valence-electron chi connectivity index (χ2n) is 2.20. The number of rotatable bonds is 4. The molecule has 0 spiro atoms. The number of pyridine rings is 1. The van der Waals surface area contributed by atoms with Crippen LogP contribution in [0, 0.1) is 0 Å². The number of nitrogens with zero attached hydrogens (tertiary/aromatic N) is 1. The normalized spacial score (nSPS) is 9.69. The van der Waals surface area contributed by atoms with Gasteiger partial charge >= 0.3 is 0 Å². The van der Waals surface area contributed by atoms with E-state index in [1.54, 1.807) is 0 Å². The summed E-state index contributed by atoms with van der Waals surface area (Å²) < 4.78 is 10.4. The van der Waals surface area contributed by atoms with Crippen LogP contribution in [0.3, 0.4) is 0 Å². The van der Waals surface area contributed by atoms with E-state index < -0.39 is 0 Å². The molecule has 1 rings (SSSR count). The fourth-order valence-corrected chi connectivity index (χ4v) is 1.19. The van der Waals surface area contributed by atoms with Gasteiger partial charge in [0.1, 0.15) is 0 Å². The molecule has 0 aliphatic heterocycles. The van der Waals surface area contributed by atoms with Gasteiger partial charge in [0.2, 0.25) is 0 Å². The highest BCUT2D eigenvalue weighted by molar-refractivity contribution is 9.10. The summed E-state index contributed by atoms with van der Waals surface area (Å²) in [6, 6.07) is 0. The maximum atomic E-state index is 10.6. The van der Waals surface area contributed by atoms with E-state index in [0.717, 1.165) is 0 Å². The van der Waals surface area contributed by atoms with E-state index in [4.69, 9.17) is 9.47 Å². The number of halogens is 1. The van der Waals surface area contributed by atoms with Gasteiger partial charge in [0.05, 0.1) is 16.2 Å². The van der Waals surface area contributed by atoms with Crippen LogP contribution >= 0.6 is 15.9 Å². The lowest BCUT2D eigenvalue weighted by molar-refractivity contribution is 0.0502. The summed E-state index contributed by atoms with van der Waals surface area (Å²) in [5.41, 5.74) is 0.437. The number of hydrogen-bond acceptors (Lipinski definition) is 4. The first-order chi connectivity index (χ1) is 6.29. The van der Waals surface area contributed by atoms with Gasteiger partial charge in [-0.2, -0.15) is 0 Å². The molecule has 5 heteroatoms. The molecule has 0 amide bonds. The third kappa shape index (κ3) is 2.50. The number of ether oxygens (including phenoxy) is 2. The van der Waals surface area contributed by atoms with Crippen molar-refractivity contribution < 1.29 is 14.3 Å². The lowest BCUT2D eigenvalue weighted by atomic mass is 10.3. The van der Waals surface area contributed by atoms with Gasteiger partial charge in [-0.25, -0.2) is 0 Å². The molecule has 0 N–H and O–H groups in total. The lowest BCUT2D eigenvalue weighted by Gasteiger charge is -2.06. The predicted octanol–water partition coefficient (Wildman–Crippen LogP) is 1.64. The standard InChI is InChI=1S/C8H8BrNO3/c1-12-5-13-8-3-10-2-7(9)6(8)4-11/h2-4H,5H2,1H3. The lowest BCUT2D eigenvalue weighted by Crippen LogP contribution is -2.02. The van der Waals surface area contributed by atoms with Crippen LogP contribution in [0.15, 0.2) is 16.9 Å². The Morgan fingerprint density at radius 2 is 2.38 bits per heavy atom. The van der Waals surface area contributed by atoms with Crippen molar-refractivity contribution >= 4 is 22.2 Å². The molecule has 0 bridgehead atoms. The number of methoxy groups -OCH3 is 1. The second kappa shape index (κ2) is 4.94. The summed E-state index contributed by atoms with van der Waals surface area (Å²) in [7, 11) is 1.51. The first kappa shape index (κ1) is 10.1. The van der Waals surface area contributed by atoms with Crippen LogP contribution in [0.4, 0.5) is 0 Å². The van der Waals surface area contributed by atoms with Crippen LogP contribution in [0.5, 0.6) is 5.75 Å². The van der Waals surface area contributed by atoms with Gasteiger partial charge in [-0.1, -0.05) is 0 Å². The summed E-state index contributed by atoms with van der Waals surface area (Å²) in [5, 5.41) is 0. The second-order valence-corrected chi connectivity index (χ2v) is 3.06. The predicted molar refractivity (Wildman–Crippen MR) is 49.8 cm³/mol. The molecule has 4 nitrogen and oxygen atoms in total. The molecule has 0 aromatic carbocycles. The third-order valence-electron chi connectivity index (χ3n) is 1.35. The van der Waals surface area contributed by atoms with Crippen molar-refractivity contribution in [1.29, 1.82) is 0 Å². The third-order valence-corrected chi connectivity index (χ3v) is 1.98. The molecule has 0 aliphatic rings. The molecule has 1 heterocycles. The minimum atomic E-state index is 0.0962. The monoisotopic (exact) mass is 245 g/mol. The van der Waals surface area contributed by atoms with Crippen LogP contribution in [0.25, 0.3) is 0 Å². The molecule has 0 radical (unpaired) electrons. The number of aromatic nitrogens is 1. The number of aldehydes is 1. The first-order valence-electron chi connectivity index (χ1n) is 3.50. The van der Waals surface area contributed by atoms with Crippen molar-refractivity contribution in [3.8, 4) is 5.75 Å². The molecule has 1 aromatic rings. The van der Waals surface area contributed by atoms with Crippen molar-refractivity contribution in [2.75, 3.05) is 13.9 Å². The van der Waals surface area contributed by atoms with Crippen molar-refractivity contribution in [1.82, 2.24) is 4.98 Å². The number of hydrogen-bond donors (Lipinski definition) is 0. The smallest absolute Gasteiger partial charge is 0.188 e. The van der Waals surface area contributed by atoms with Crippen molar-refractivity contribution in [3.05, 3.63) is 22.4 Å². The van der Waals surface area contributed by atoms with E-state index in [0.29, 0.717) is 22.1 Å². The average Bonchev–Trinajstić information content (AvgIpc) is 2.15. The number of carbonyl (C=O) groups excluding carboxylic acids is 1. The van der Waals surface area contributed by atoms with Gasteiger partial charge in [0.15, 0.2) is 18.8 Å². The molecule has 0 aliphatic carbocycles. The van der Waals surface area contributed by atoms with E-state index in [-0.39, 0.29) is 6.79 Å². The van der Waals surface area contributed by atoms with E-state index in [1.807, 2.05) is 0 Å². The van der Waals surface area contributed by atoms with E-state index >= 15 is 0 Å². The Morgan fingerprint density at radius 1 is 1.62 bits per heavy atom. The van der Waals surface area contributed by atoms with E-state index in [1.165, 1.54) is 19.5 Å². The Labute approximate surface area is 84.0 Å². The zero-order valence-electron chi connectivity index (χ0n) is 6.99. The zero-order valence-corrected chi connectivity index (χ0v) is 8.58. The average molecular weight is 246 g/mol. The quantitative estimate of drug-likeness (QED) is 0.598. The molecule has 0 unspecified atom stereocenters. The largest absolute Gasteiger partial charge is 0.465 e. The van der Waals surface area contributed by atoms with Crippen molar-refractivity contribution in [3.63, 3.8) is 0 Å². The molecule has 0 fully saturated rings. The Morgan fingerprint density at radius 3 is 3.00 bits per heavy atom. The molecule has 0 saturated heterocycles. The molecular formula is C8H8BrNO3. The molecule has 1 aromatic heterocycles. The van der Waals surface area contributed by atoms with Crippen LogP contribution in [-0.2, 0) is 4.74 Å². The van der Waals surface area contributed by atoms with Crippen LogP contribution in [-0.4, -0.2) is 25.2 Å². The minimum Gasteiger partial charge on any atom is -0.465 e. The maximum absolute atomic E-state index is 10.6. The Bertz CT molecular complexity index is 303. The fourth-order valence-electron chi connectivity index (χ4n) is 0.779. The highest BCUT2D eigenvalue weighted by Gasteiger charge is 2.06. The molecular weight excluding hydrogens is 238 g/mol. The van der Waals surface area contributed by atoms with Crippen molar-refractivity contribution in [2.45, 2.75) is 0 Å². The van der Waals surface area contributed by atoms with E-state index in [9.17, 15) is 4.79 Å². The fraction of sp³-hybridized carbons (Fsp3) is 0.250. The van der Waals surface area contributed by atoms with Crippen LogP contribution in [0.2, 0.25) is 0 Å². The van der Waals surface area contributed by atoms with Gasteiger partial charge in [-0.3, -0.25) is 9.78 Å². The Balaban J connectivity index is 2.91. The number of carbonyl (C=O) groups is 1. The van der Waals surface area contributed by atoms with Crippen LogP contribution < -0.4 is 4.74 Å². The van der Waals surface area contributed by atoms with Gasteiger partial charge < -0.3 is 9.47 Å². The Kier molecular flexibility index (Phi) is 3.85. The highest BCUT2D eigenvalue weighted by atomic mass is 79.9. The molecule has 0 atom stereocenters. The first-order valence-corrected chi connectivity index (χ1v) is 4.29. The van der Waals surface area contributed by atoms with Gasteiger partial charge in [-0.05, 0) is 15.9 Å². The zero-order chi connectivity index (χ0) is 9.68. The summed E-state index contributed by atoms with van der Waals surface area (Å²) in [6.07, 6.45) is 3.70. The molecule has 0 saturated carbocycles. The van der Waals surface area contributed by atoms with Gasteiger partial charge in [-0.15, -0.1) is 0 Å². The summed E-state index contributed by atoms with van der Waals surface area (Å²) >= 11 is 3.18. The summed E-state index contributed by atoms with van der Waals surface area (Å²) in [5.74, 6) is 0.409. The van der Waals surface area contributed by atoms with Crippen molar-refractivity contribution in [2.24, 2.45) is 0 Å².